The van der Waals surface area contributed by atoms with Gasteiger partial charge in [-0.25, -0.2) is 0 Å². The third kappa shape index (κ3) is 1.50. The Morgan fingerprint density at radius 2 is 2.00 bits per heavy atom. The van der Waals surface area contributed by atoms with Gasteiger partial charge in [0.05, 0.1) is 10.3 Å². The van der Waals surface area contributed by atoms with Gasteiger partial charge in [-0.15, -0.1) is 0 Å². The lowest BCUT2D eigenvalue weighted by molar-refractivity contribution is -0.384. The van der Waals surface area contributed by atoms with Crippen LogP contribution in [0, 0.1) is 10.1 Å². The van der Waals surface area contributed by atoms with Crippen molar-refractivity contribution >= 4 is 17.3 Å². The fraction of sp³-hybridized carbons (Fsp3) is 0.417. The molecule has 5 nitrogen and oxygen atoms in total. The van der Waals surface area contributed by atoms with E-state index in [4.69, 9.17) is 0 Å². The summed E-state index contributed by atoms with van der Waals surface area (Å²) in [6.45, 7) is 3.86. The molecule has 1 heterocycles. The highest BCUT2D eigenvalue weighted by Gasteiger charge is 2.44. The number of carbonyl (C=O) groups is 1. The van der Waals surface area contributed by atoms with E-state index in [1.165, 1.54) is 12.1 Å². The quantitative estimate of drug-likeness (QED) is 0.645. The minimum atomic E-state index is -0.610. The summed E-state index contributed by atoms with van der Waals surface area (Å²) in [7, 11) is 0. The molecular weight excluding hydrogens is 220 g/mol. The van der Waals surface area contributed by atoms with Crippen molar-refractivity contribution in [3.8, 4) is 0 Å². The summed E-state index contributed by atoms with van der Waals surface area (Å²) in [5.74, 6) is -0.0574. The molecule has 5 heteroatoms. The second kappa shape index (κ2) is 3.84. The zero-order valence-electron chi connectivity index (χ0n) is 9.82. The van der Waals surface area contributed by atoms with Gasteiger partial charge in [-0.05, 0) is 24.5 Å². The summed E-state index contributed by atoms with van der Waals surface area (Å²) in [5.41, 5.74) is 0.874. The number of rotatable bonds is 3. The van der Waals surface area contributed by atoms with Crippen LogP contribution in [0.25, 0.3) is 0 Å². The molecule has 0 atom stereocenters. The van der Waals surface area contributed by atoms with Crippen LogP contribution in [0.4, 0.5) is 11.4 Å². The topological polar surface area (TPSA) is 72.2 Å². The molecule has 0 unspecified atom stereocenters. The van der Waals surface area contributed by atoms with E-state index in [1.54, 1.807) is 6.07 Å². The lowest BCUT2D eigenvalue weighted by Gasteiger charge is -2.23. The molecule has 1 aliphatic rings. The predicted molar refractivity (Wildman–Crippen MR) is 64.0 cm³/mol. The number of nitro groups is 1. The van der Waals surface area contributed by atoms with E-state index in [9.17, 15) is 14.9 Å². The highest BCUT2D eigenvalue weighted by Crippen LogP contribution is 2.43. The van der Waals surface area contributed by atoms with E-state index in [-0.39, 0.29) is 11.6 Å². The number of nitrogens with one attached hydrogen (secondary N) is 1. The van der Waals surface area contributed by atoms with Crippen LogP contribution in [0.2, 0.25) is 0 Å². The first kappa shape index (κ1) is 11.6. The molecular formula is C12H14N2O3. The lowest BCUT2D eigenvalue weighted by atomic mass is 9.77. The Morgan fingerprint density at radius 1 is 1.35 bits per heavy atom. The van der Waals surface area contributed by atoms with Gasteiger partial charge in [-0.1, -0.05) is 13.8 Å². The number of hydrogen-bond acceptors (Lipinski definition) is 3. The molecule has 17 heavy (non-hydrogen) atoms. The number of amides is 1. The summed E-state index contributed by atoms with van der Waals surface area (Å²) in [6.07, 6.45) is 1.28. The van der Waals surface area contributed by atoms with Crippen molar-refractivity contribution < 1.29 is 9.72 Å². The van der Waals surface area contributed by atoms with Crippen LogP contribution < -0.4 is 5.32 Å². The van der Waals surface area contributed by atoms with Crippen LogP contribution >= 0.6 is 0 Å². The van der Waals surface area contributed by atoms with Crippen LogP contribution in [0.3, 0.4) is 0 Å². The van der Waals surface area contributed by atoms with Gasteiger partial charge in [0.1, 0.15) is 0 Å². The van der Waals surface area contributed by atoms with E-state index in [2.05, 4.69) is 5.32 Å². The van der Waals surface area contributed by atoms with Gasteiger partial charge in [0.15, 0.2) is 0 Å². The van der Waals surface area contributed by atoms with Crippen LogP contribution in [0.5, 0.6) is 0 Å². The third-order valence-corrected chi connectivity index (χ3v) is 3.62. The molecule has 1 aromatic carbocycles. The smallest absolute Gasteiger partial charge is 0.269 e. The number of hydrogen-bond donors (Lipinski definition) is 1. The van der Waals surface area contributed by atoms with Gasteiger partial charge in [0, 0.05) is 17.8 Å². The SMILES string of the molecule is CCC1(CC)C(=O)Nc2ccc([N+](=O)[O-])cc21. The standard InChI is InChI=1S/C12H14N2O3/c1-3-12(4-2)9-7-8(14(16)17)5-6-10(9)13-11(12)15/h5-7H,3-4H2,1-2H3,(H,13,15). The molecule has 1 aliphatic heterocycles. The minimum absolute atomic E-state index is 0.0338. The number of nitrogens with zero attached hydrogens (tertiary/aromatic N) is 1. The molecule has 0 radical (unpaired) electrons. The van der Waals surface area contributed by atoms with E-state index >= 15 is 0 Å². The Balaban J connectivity index is 2.61. The Bertz CT molecular complexity index is 493. The van der Waals surface area contributed by atoms with Crippen molar-refractivity contribution in [2.24, 2.45) is 0 Å². The van der Waals surface area contributed by atoms with Crippen molar-refractivity contribution in [2.75, 3.05) is 5.32 Å². The molecule has 0 aliphatic carbocycles. The largest absolute Gasteiger partial charge is 0.325 e. The third-order valence-electron chi connectivity index (χ3n) is 3.62. The summed E-state index contributed by atoms with van der Waals surface area (Å²) in [4.78, 5) is 22.4. The average Bonchev–Trinajstić information content (AvgIpc) is 2.60. The fourth-order valence-corrected chi connectivity index (χ4v) is 2.47. The van der Waals surface area contributed by atoms with Crippen molar-refractivity contribution in [3.05, 3.63) is 33.9 Å². The highest BCUT2D eigenvalue weighted by molar-refractivity contribution is 6.06. The number of benzene rings is 1. The van der Waals surface area contributed by atoms with Crippen molar-refractivity contribution in [2.45, 2.75) is 32.1 Å². The Labute approximate surface area is 99.0 Å². The molecule has 90 valence electrons. The minimum Gasteiger partial charge on any atom is -0.325 e. The predicted octanol–water partition coefficient (Wildman–Crippen LogP) is 2.60. The molecule has 0 spiro atoms. The van der Waals surface area contributed by atoms with Crippen LogP contribution in [-0.4, -0.2) is 10.8 Å². The monoisotopic (exact) mass is 234 g/mol. The normalized spacial score (nSPS) is 16.5. The van der Waals surface area contributed by atoms with Gasteiger partial charge in [-0.3, -0.25) is 14.9 Å². The Kier molecular flexibility index (Phi) is 2.61. The average molecular weight is 234 g/mol. The molecule has 2 rings (SSSR count). The molecule has 1 amide bonds. The van der Waals surface area contributed by atoms with Gasteiger partial charge < -0.3 is 5.32 Å². The number of non-ortho nitro benzene ring substituents is 1. The molecule has 1 aromatic rings. The molecule has 0 saturated carbocycles. The lowest BCUT2D eigenvalue weighted by Crippen LogP contribution is -2.32. The zero-order chi connectivity index (χ0) is 12.6. The first-order chi connectivity index (χ1) is 8.05. The first-order valence-corrected chi connectivity index (χ1v) is 5.65. The number of anilines is 1. The molecule has 0 aromatic heterocycles. The maximum absolute atomic E-state index is 12.0. The van der Waals surface area contributed by atoms with Gasteiger partial charge in [-0.2, -0.15) is 0 Å². The first-order valence-electron chi connectivity index (χ1n) is 5.65. The van der Waals surface area contributed by atoms with Crippen LogP contribution in [-0.2, 0) is 10.2 Å². The van der Waals surface area contributed by atoms with Gasteiger partial charge in [0.2, 0.25) is 5.91 Å². The zero-order valence-corrected chi connectivity index (χ0v) is 9.82. The van der Waals surface area contributed by atoms with Crippen molar-refractivity contribution in [1.29, 1.82) is 0 Å². The van der Waals surface area contributed by atoms with Crippen LogP contribution in [0.1, 0.15) is 32.3 Å². The highest BCUT2D eigenvalue weighted by atomic mass is 16.6. The Hall–Kier alpha value is -1.91. The maximum atomic E-state index is 12.0. The number of carbonyl (C=O) groups excluding carboxylic acids is 1. The number of fused-ring (bicyclic) bond motifs is 1. The summed E-state index contributed by atoms with van der Waals surface area (Å²) < 4.78 is 0. The second-order valence-corrected chi connectivity index (χ2v) is 4.23. The molecule has 1 N–H and O–H groups in total. The van der Waals surface area contributed by atoms with Crippen molar-refractivity contribution in [3.63, 3.8) is 0 Å². The van der Waals surface area contributed by atoms with Gasteiger partial charge in [0.25, 0.3) is 5.69 Å². The van der Waals surface area contributed by atoms with E-state index < -0.39 is 10.3 Å². The summed E-state index contributed by atoms with van der Waals surface area (Å²) >= 11 is 0. The molecule has 0 bridgehead atoms. The molecule has 0 fully saturated rings. The van der Waals surface area contributed by atoms with E-state index in [0.717, 1.165) is 5.56 Å². The number of nitro benzene ring substituents is 1. The second-order valence-electron chi connectivity index (χ2n) is 4.23. The van der Waals surface area contributed by atoms with Crippen molar-refractivity contribution in [1.82, 2.24) is 0 Å². The Morgan fingerprint density at radius 3 is 2.53 bits per heavy atom. The summed E-state index contributed by atoms with van der Waals surface area (Å²) in [6, 6.07) is 4.54. The summed E-state index contributed by atoms with van der Waals surface area (Å²) in [5, 5.41) is 13.6. The van der Waals surface area contributed by atoms with Gasteiger partial charge >= 0.3 is 0 Å². The molecule has 0 saturated heterocycles. The van der Waals surface area contributed by atoms with E-state index in [1.807, 2.05) is 13.8 Å². The van der Waals surface area contributed by atoms with E-state index in [0.29, 0.717) is 18.5 Å². The fourth-order valence-electron chi connectivity index (χ4n) is 2.47. The maximum Gasteiger partial charge on any atom is 0.269 e. The van der Waals surface area contributed by atoms with Crippen LogP contribution in [0.15, 0.2) is 18.2 Å².